The maximum atomic E-state index is 12.7. The Morgan fingerprint density at radius 1 is 1.32 bits per heavy atom. The van der Waals surface area contributed by atoms with Crippen molar-refractivity contribution in [3.63, 3.8) is 0 Å². The lowest BCUT2D eigenvalue weighted by Crippen LogP contribution is -2.43. The Labute approximate surface area is 113 Å². The van der Waals surface area contributed by atoms with Crippen LogP contribution < -0.4 is 5.32 Å². The highest BCUT2D eigenvalue weighted by Crippen LogP contribution is 2.33. The van der Waals surface area contributed by atoms with Gasteiger partial charge >= 0.3 is 0 Å². The highest BCUT2D eigenvalue weighted by atomic mass is 16.3. The molecule has 1 aromatic carbocycles. The molecule has 2 N–H and O–H groups in total. The van der Waals surface area contributed by atoms with E-state index in [1.165, 1.54) is 0 Å². The molecule has 0 bridgehead atoms. The highest BCUT2D eigenvalue weighted by molar-refractivity contribution is 5.97. The lowest BCUT2D eigenvalue weighted by molar-refractivity contribution is 0.0672. The Morgan fingerprint density at radius 2 is 2.11 bits per heavy atom. The maximum Gasteiger partial charge on any atom is 0.258 e. The number of carbonyl (C=O) groups excluding carboxylic acids is 1. The second-order valence-electron chi connectivity index (χ2n) is 5.61. The van der Waals surface area contributed by atoms with Crippen molar-refractivity contribution < 1.29 is 9.90 Å². The first-order chi connectivity index (χ1) is 9.16. The molecule has 19 heavy (non-hydrogen) atoms. The predicted molar refractivity (Wildman–Crippen MR) is 73.3 cm³/mol. The molecular weight excluding hydrogens is 240 g/mol. The minimum Gasteiger partial charge on any atom is -0.507 e. The summed E-state index contributed by atoms with van der Waals surface area (Å²) in [5.74, 6) is 0.0790. The molecule has 1 saturated carbocycles. The summed E-state index contributed by atoms with van der Waals surface area (Å²) in [5.41, 5.74) is 1.40. The van der Waals surface area contributed by atoms with E-state index >= 15 is 0 Å². The van der Waals surface area contributed by atoms with E-state index in [0.29, 0.717) is 11.6 Å². The van der Waals surface area contributed by atoms with Crippen LogP contribution in [0.2, 0.25) is 0 Å². The van der Waals surface area contributed by atoms with Crippen LogP contribution in [0, 0.1) is 6.92 Å². The van der Waals surface area contributed by atoms with E-state index < -0.39 is 0 Å². The molecule has 1 amide bonds. The summed E-state index contributed by atoms with van der Waals surface area (Å²) in [5, 5.41) is 13.3. The Morgan fingerprint density at radius 3 is 2.68 bits per heavy atom. The molecule has 1 atom stereocenters. The molecule has 1 unspecified atom stereocenters. The Balaban J connectivity index is 1.87. The number of hydrogen-bond acceptors (Lipinski definition) is 3. The minimum atomic E-state index is -0.0197. The number of amides is 1. The van der Waals surface area contributed by atoms with E-state index in [9.17, 15) is 9.90 Å². The number of aryl methyl sites for hydroxylation is 1. The van der Waals surface area contributed by atoms with E-state index in [1.54, 1.807) is 12.1 Å². The average Bonchev–Trinajstić information content (AvgIpc) is 3.04. The van der Waals surface area contributed by atoms with Crippen LogP contribution in [0.5, 0.6) is 5.75 Å². The van der Waals surface area contributed by atoms with Crippen molar-refractivity contribution in [2.75, 3.05) is 13.1 Å². The van der Waals surface area contributed by atoms with Gasteiger partial charge in [0.05, 0.1) is 5.56 Å². The molecule has 1 saturated heterocycles. The van der Waals surface area contributed by atoms with Crippen LogP contribution in [0.1, 0.15) is 35.2 Å². The van der Waals surface area contributed by atoms with Gasteiger partial charge in [-0.05, 0) is 50.4 Å². The number of carbonyl (C=O) groups is 1. The smallest absolute Gasteiger partial charge is 0.258 e. The summed E-state index contributed by atoms with van der Waals surface area (Å²) in [6, 6.07) is 5.93. The molecule has 2 fully saturated rings. The number of benzene rings is 1. The second kappa shape index (κ2) is 4.85. The van der Waals surface area contributed by atoms with Crippen molar-refractivity contribution in [2.45, 2.75) is 38.3 Å². The van der Waals surface area contributed by atoms with Crippen molar-refractivity contribution in [1.29, 1.82) is 0 Å². The number of phenols is 1. The van der Waals surface area contributed by atoms with E-state index in [0.717, 1.165) is 37.9 Å². The van der Waals surface area contributed by atoms with Crippen LogP contribution in [-0.4, -0.2) is 41.1 Å². The summed E-state index contributed by atoms with van der Waals surface area (Å²) >= 11 is 0. The van der Waals surface area contributed by atoms with Crippen molar-refractivity contribution >= 4 is 5.91 Å². The monoisotopic (exact) mass is 260 g/mol. The number of nitrogens with one attached hydrogen (secondary N) is 1. The highest BCUT2D eigenvalue weighted by Gasteiger charge is 2.39. The topological polar surface area (TPSA) is 52.6 Å². The lowest BCUT2D eigenvalue weighted by Gasteiger charge is -2.29. The fourth-order valence-corrected chi connectivity index (χ4v) is 2.82. The van der Waals surface area contributed by atoms with E-state index in [1.807, 2.05) is 17.9 Å². The van der Waals surface area contributed by atoms with Gasteiger partial charge in [0, 0.05) is 18.6 Å². The number of aromatic hydroxyl groups is 1. The van der Waals surface area contributed by atoms with Crippen LogP contribution in [0.15, 0.2) is 18.2 Å². The van der Waals surface area contributed by atoms with E-state index in [2.05, 4.69) is 5.32 Å². The summed E-state index contributed by atoms with van der Waals surface area (Å²) in [7, 11) is 0. The predicted octanol–water partition coefficient (Wildman–Crippen LogP) is 1.67. The van der Waals surface area contributed by atoms with Gasteiger partial charge in [-0.3, -0.25) is 4.79 Å². The average molecular weight is 260 g/mol. The molecule has 4 heteroatoms. The van der Waals surface area contributed by atoms with Gasteiger partial charge in [0.1, 0.15) is 5.75 Å². The molecule has 1 aliphatic carbocycles. The van der Waals surface area contributed by atoms with Crippen molar-refractivity contribution in [1.82, 2.24) is 10.2 Å². The van der Waals surface area contributed by atoms with Crippen LogP contribution >= 0.6 is 0 Å². The fourth-order valence-electron chi connectivity index (χ4n) is 2.82. The SMILES string of the molecule is Cc1ccc(C(=O)N(C2CC2)C2CCNC2)c(O)c1. The number of phenolic OH excluding ortho intramolecular Hbond substituents is 1. The molecule has 102 valence electrons. The van der Waals surface area contributed by atoms with Gasteiger partial charge < -0.3 is 15.3 Å². The van der Waals surface area contributed by atoms with Crippen molar-refractivity contribution in [2.24, 2.45) is 0 Å². The summed E-state index contributed by atoms with van der Waals surface area (Å²) in [4.78, 5) is 14.7. The summed E-state index contributed by atoms with van der Waals surface area (Å²) < 4.78 is 0. The minimum absolute atomic E-state index is 0.0197. The van der Waals surface area contributed by atoms with Crippen LogP contribution in [0.4, 0.5) is 0 Å². The zero-order valence-electron chi connectivity index (χ0n) is 11.2. The van der Waals surface area contributed by atoms with Crippen LogP contribution in [0.25, 0.3) is 0 Å². The Hall–Kier alpha value is -1.55. The molecule has 1 heterocycles. The van der Waals surface area contributed by atoms with Gasteiger partial charge in [0.2, 0.25) is 0 Å². The summed E-state index contributed by atoms with van der Waals surface area (Å²) in [6.07, 6.45) is 3.19. The van der Waals surface area contributed by atoms with Crippen LogP contribution in [-0.2, 0) is 0 Å². The molecule has 1 aliphatic heterocycles. The number of hydrogen-bond donors (Lipinski definition) is 2. The molecule has 2 aliphatic rings. The molecule has 0 radical (unpaired) electrons. The second-order valence-corrected chi connectivity index (χ2v) is 5.61. The van der Waals surface area contributed by atoms with Gasteiger partial charge in [-0.25, -0.2) is 0 Å². The third-order valence-electron chi connectivity index (χ3n) is 3.99. The van der Waals surface area contributed by atoms with Gasteiger partial charge in [-0.2, -0.15) is 0 Å². The molecule has 0 spiro atoms. The standard InChI is InChI=1S/C15H20N2O2/c1-10-2-5-13(14(18)8-10)15(19)17(11-3-4-11)12-6-7-16-9-12/h2,5,8,11-12,16,18H,3-4,6-7,9H2,1H3. The summed E-state index contributed by atoms with van der Waals surface area (Å²) in [6.45, 7) is 3.75. The van der Waals surface area contributed by atoms with Crippen molar-refractivity contribution in [3.8, 4) is 5.75 Å². The molecular formula is C15H20N2O2. The maximum absolute atomic E-state index is 12.7. The third-order valence-corrected chi connectivity index (χ3v) is 3.99. The zero-order chi connectivity index (χ0) is 13.4. The zero-order valence-corrected chi connectivity index (χ0v) is 11.2. The lowest BCUT2D eigenvalue weighted by atomic mass is 10.1. The largest absolute Gasteiger partial charge is 0.507 e. The van der Waals surface area contributed by atoms with Gasteiger partial charge in [0.15, 0.2) is 0 Å². The molecule has 1 aromatic rings. The quantitative estimate of drug-likeness (QED) is 0.869. The first-order valence-corrected chi connectivity index (χ1v) is 7.00. The third kappa shape index (κ3) is 2.45. The first-order valence-electron chi connectivity index (χ1n) is 7.00. The Bertz CT molecular complexity index is 491. The van der Waals surface area contributed by atoms with E-state index in [-0.39, 0.29) is 17.7 Å². The number of rotatable bonds is 3. The van der Waals surface area contributed by atoms with Gasteiger partial charge in [0.25, 0.3) is 5.91 Å². The Kier molecular flexibility index (Phi) is 3.19. The van der Waals surface area contributed by atoms with Gasteiger partial charge in [-0.15, -0.1) is 0 Å². The fraction of sp³-hybridized carbons (Fsp3) is 0.533. The van der Waals surface area contributed by atoms with Gasteiger partial charge in [-0.1, -0.05) is 6.07 Å². The van der Waals surface area contributed by atoms with Crippen LogP contribution in [0.3, 0.4) is 0 Å². The first kappa shape index (κ1) is 12.5. The van der Waals surface area contributed by atoms with Crippen molar-refractivity contribution in [3.05, 3.63) is 29.3 Å². The molecule has 0 aromatic heterocycles. The molecule has 3 rings (SSSR count). The molecule has 4 nitrogen and oxygen atoms in total. The number of nitrogens with zero attached hydrogens (tertiary/aromatic N) is 1. The normalized spacial score (nSPS) is 22.5. The van der Waals surface area contributed by atoms with E-state index in [4.69, 9.17) is 0 Å².